The maximum absolute atomic E-state index is 12.9. The standard InChI is InChI=1S/C26H27NO3S/c1-3-31-21-9-7-19(8-10-21)24(28)13-6-18-5-11-22-20(15-18)16-27(26(22)30)23-12-4-17(2)14-25(23)29/h5,7-11,15,23H,2-4,6,12-14,16H2,1H3. The van der Waals surface area contributed by atoms with E-state index in [2.05, 4.69) is 13.5 Å². The van der Waals surface area contributed by atoms with Gasteiger partial charge < -0.3 is 4.90 Å². The molecule has 1 amide bonds. The number of ketones is 2. The summed E-state index contributed by atoms with van der Waals surface area (Å²) in [6, 6.07) is 13.2. The summed E-state index contributed by atoms with van der Waals surface area (Å²) in [6.45, 7) is 6.49. The van der Waals surface area contributed by atoms with Gasteiger partial charge in [0, 0.05) is 35.4 Å². The van der Waals surface area contributed by atoms with Crippen LogP contribution in [0.4, 0.5) is 0 Å². The Morgan fingerprint density at radius 3 is 2.65 bits per heavy atom. The van der Waals surface area contributed by atoms with Crippen LogP contribution in [0.1, 0.15) is 64.4 Å². The molecule has 160 valence electrons. The zero-order valence-corrected chi connectivity index (χ0v) is 18.7. The van der Waals surface area contributed by atoms with Crippen LogP contribution in [0, 0.1) is 0 Å². The van der Waals surface area contributed by atoms with E-state index in [0.29, 0.717) is 37.8 Å². The molecule has 1 atom stereocenters. The number of nitrogens with zero attached hydrogens (tertiary/aromatic N) is 1. The largest absolute Gasteiger partial charge is 0.324 e. The lowest BCUT2D eigenvalue weighted by molar-refractivity contribution is -0.124. The molecule has 1 heterocycles. The van der Waals surface area contributed by atoms with Crippen molar-refractivity contribution in [3.8, 4) is 0 Å². The molecule has 4 rings (SSSR count). The summed E-state index contributed by atoms with van der Waals surface area (Å²) in [5.74, 6) is 1.16. The Bertz CT molecular complexity index is 1040. The summed E-state index contributed by atoms with van der Waals surface area (Å²) in [7, 11) is 0. The van der Waals surface area contributed by atoms with Gasteiger partial charge in [-0.05, 0) is 54.3 Å². The van der Waals surface area contributed by atoms with Gasteiger partial charge in [0.05, 0.1) is 6.04 Å². The molecule has 0 spiro atoms. The highest BCUT2D eigenvalue weighted by Crippen LogP contribution is 2.31. The molecule has 0 saturated heterocycles. The molecule has 1 saturated carbocycles. The molecule has 5 heteroatoms. The van der Waals surface area contributed by atoms with Crippen molar-refractivity contribution in [2.45, 2.75) is 56.5 Å². The van der Waals surface area contributed by atoms with Gasteiger partial charge in [0.1, 0.15) is 0 Å². The average molecular weight is 434 g/mol. The first kappa shape index (κ1) is 21.6. The molecule has 0 aromatic heterocycles. The zero-order valence-electron chi connectivity index (χ0n) is 17.9. The van der Waals surface area contributed by atoms with Crippen LogP contribution < -0.4 is 0 Å². The minimum Gasteiger partial charge on any atom is -0.324 e. The molecular weight excluding hydrogens is 406 g/mol. The Labute approximate surface area is 187 Å². The van der Waals surface area contributed by atoms with Crippen LogP contribution in [0.5, 0.6) is 0 Å². The topological polar surface area (TPSA) is 54.5 Å². The lowest BCUT2D eigenvalue weighted by Gasteiger charge is -2.30. The number of aryl methyl sites for hydroxylation is 1. The van der Waals surface area contributed by atoms with Gasteiger partial charge in [-0.1, -0.05) is 43.3 Å². The second-order valence-electron chi connectivity index (χ2n) is 8.25. The van der Waals surface area contributed by atoms with E-state index in [1.165, 1.54) is 4.90 Å². The fraction of sp³-hybridized carbons (Fsp3) is 0.346. The number of amides is 1. The van der Waals surface area contributed by atoms with Crippen molar-refractivity contribution in [3.05, 3.63) is 76.9 Å². The van der Waals surface area contributed by atoms with Gasteiger partial charge in [-0.3, -0.25) is 14.4 Å². The van der Waals surface area contributed by atoms with Crippen LogP contribution in [0.3, 0.4) is 0 Å². The van der Waals surface area contributed by atoms with E-state index in [9.17, 15) is 14.4 Å². The minimum atomic E-state index is -0.343. The summed E-state index contributed by atoms with van der Waals surface area (Å²) in [6.07, 6.45) is 2.89. The highest BCUT2D eigenvalue weighted by atomic mass is 32.2. The van der Waals surface area contributed by atoms with Crippen molar-refractivity contribution < 1.29 is 14.4 Å². The Morgan fingerprint density at radius 2 is 1.94 bits per heavy atom. The summed E-state index contributed by atoms with van der Waals surface area (Å²) < 4.78 is 0. The van der Waals surface area contributed by atoms with Crippen molar-refractivity contribution in [1.82, 2.24) is 4.90 Å². The SMILES string of the molecule is C=C1CCC(N2Cc3cc(CCC(=O)c4ccc(SCC)cc4)ccc3C2=O)C(=O)C1. The summed E-state index contributed by atoms with van der Waals surface area (Å²) in [5.41, 5.74) is 4.36. The lowest BCUT2D eigenvalue weighted by atomic mass is 9.90. The van der Waals surface area contributed by atoms with E-state index in [1.54, 1.807) is 16.7 Å². The van der Waals surface area contributed by atoms with E-state index >= 15 is 0 Å². The van der Waals surface area contributed by atoms with Gasteiger partial charge >= 0.3 is 0 Å². The Kier molecular flexibility index (Phi) is 6.42. The number of thioether (sulfide) groups is 1. The summed E-state index contributed by atoms with van der Waals surface area (Å²) in [5, 5.41) is 0. The van der Waals surface area contributed by atoms with E-state index in [4.69, 9.17) is 0 Å². The number of carbonyl (C=O) groups excluding carboxylic acids is 3. The van der Waals surface area contributed by atoms with Crippen LogP contribution in [0.15, 0.2) is 59.5 Å². The minimum absolute atomic E-state index is 0.0615. The third kappa shape index (κ3) is 4.67. The van der Waals surface area contributed by atoms with Crippen molar-refractivity contribution in [2.24, 2.45) is 0 Å². The van der Waals surface area contributed by atoms with Crippen LogP contribution in [-0.2, 0) is 17.8 Å². The third-order valence-electron chi connectivity index (χ3n) is 6.07. The summed E-state index contributed by atoms with van der Waals surface area (Å²) in [4.78, 5) is 40.8. The van der Waals surface area contributed by atoms with Crippen molar-refractivity contribution in [3.63, 3.8) is 0 Å². The van der Waals surface area contributed by atoms with E-state index in [0.717, 1.165) is 34.4 Å². The molecule has 4 nitrogen and oxygen atoms in total. The highest BCUT2D eigenvalue weighted by molar-refractivity contribution is 7.99. The molecular formula is C26H27NO3S. The van der Waals surface area contributed by atoms with Gasteiger partial charge in [-0.15, -0.1) is 11.8 Å². The van der Waals surface area contributed by atoms with Crippen LogP contribution in [0.25, 0.3) is 0 Å². The number of hydrogen-bond acceptors (Lipinski definition) is 4. The monoisotopic (exact) mass is 433 g/mol. The quantitative estimate of drug-likeness (QED) is 0.340. The molecule has 2 aliphatic rings. The van der Waals surface area contributed by atoms with E-state index in [1.807, 2.05) is 42.5 Å². The maximum Gasteiger partial charge on any atom is 0.255 e. The Morgan fingerprint density at radius 1 is 1.16 bits per heavy atom. The molecule has 1 unspecified atom stereocenters. The van der Waals surface area contributed by atoms with Gasteiger partial charge in [0.15, 0.2) is 11.6 Å². The highest BCUT2D eigenvalue weighted by Gasteiger charge is 2.37. The maximum atomic E-state index is 12.9. The van der Waals surface area contributed by atoms with Crippen molar-refractivity contribution >= 4 is 29.2 Å². The fourth-order valence-electron chi connectivity index (χ4n) is 4.39. The molecule has 0 radical (unpaired) electrons. The Hall–Kier alpha value is -2.66. The van der Waals surface area contributed by atoms with Crippen LogP contribution >= 0.6 is 11.8 Å². The molecule has 1 aliphatic heterocycles. The third-order valence-corrected chi connectivity index (χ3v) is 6.97. The first-order chi connectivity index (χ1) is 15.0. The van der Waals surface area contributed by atoms with Crippen molar-refractivity contribution in [1.29, 1.82) is 0 Å². The predicted octanol–water partition coefficient (Wildman–Crippen LogP) is 5.25. The smallest absolute Gasteiger partial charge is 0.255 e. The van der Waals surface area contributed by atoms with Gasteiger partial charge in [-0.2, -0.15) is 0 Å². The number of carbonyl (C=O) groups is 3. The molecule has 31 heavy (non-hydrogen) atoms. The first-order valence-corrected chi connectivity index (χ1v) is 11.8. The first-order valence-electron chi connectivity index (χ1n) is 10.8. The fourth-order valence-corrected chi connectivity index (χ4v) is 5.06. The second-order valence-corrected chi connectivity index (χ2v) is 9.59. The number of fused-ring (bicyclic) bond motifs is 1. The molecule has 1 aliphatic carbocycles. The van der Waals surface area contributed by atoms with Gasteiger partial charge in [0.2, 0.25) is 0 Å². The number of Topliss-reactive ketones (excluding diaryl/α,β-unsaturated/α-hetero) is 2. The number of rotatable bonds is 7. The molecule has 1 fully saturated rings. The molecule has 2 aromatic carbocycles. The second kappa shape index (κ2) is 9.23. The number of benzene rings is 2. The van der Waals surface area contributed by atoms with E-state index in [-0.39, 0.29) is 23.5 Å². The molecule has 0 bridgehead atoms. The van der Waals surface area contributed by atoms with Crippen molar-refractivity contribution in [2.75, 3.05) is 5.75 Å². The predicted molar refractivity (Wildman–Crippen MR) is 124 cm³/mol. The number of hydrogen-bond donors (Lipinski definition) is 0. The molecule has 2 aromatic rings. The summed E-state index contributed by atoms with van der Waals surface area (Å²) >= 11 is 1.76. The number of allylic oxidation sites excluding steroid dienone is 1. The van der Waals surface area contributed by atoms with Crippen LogP contribution in [-0.4, -0.2) is 34.2 Å². The zero-order chi connectivity index (χ0) is 22.0. The van der Waals surface area contributed by atoms with Gasteiger partial charge in [0.25, 0.3) is 5.91 Å². The van der Waals surface area contributed by atoms with Crippen LogP contribution in [0.2, 0.25) is 0 Å². The lowest BCUT2D eigenvalue weighted by Crippen LogP contribution is -2.43. The molecule has 0 N–H and O–H groups in total. The van der Waals surface area contributed by atoms with Gasteiger partial charge in [-0.25, -0.2) is 0 Å². The Balaban J connectivity index is 1.39. The normalized spacial score (nSPS) is 18.4. The van der Waals surface area contributed by atoms with E-state index < -0.39 is 0 Å². The average Bonchev–Trinajstić information content (AvgIpc) is 3.08.